The average Bonchev–Trinajstić information content (AvgIpc) is 2.83. The summed E-state index contributed by atoms with van der Waals surface area (Å²) in [4.78, 5) is 14.3. The van der Waals surface area contributed by atoms with Crippen molar-refractivity contribution in [2.45, 2.75) is 6.92 Å². The fraction of sp³-hybridized carbons (Fsp3) is 0.0769. The summed E-state index contributed by atoms with van der Waals surface area (Å²) in [5, 5.41) is 22.2. The Bertz CT molecular complexity index is 681. The van der Waals surface area contributed by atoms with Crippen molar-refractivity contribution >= 4 is 28.7 Å². The summed E-state index contributed by atoms with van der Waals surface area (Å²) in [7, 11) is 0. The molecule has 0 N–H and O–H groups in total. The van der Waals surface area contributed by atoms with Crippen molar-refractivity contribution in [2.75, 3.05) is 0 Å². The first kappa shape index (κ1) is 12.9. The summed E-state index contributed by atoms with van der Waals surface area (Å²) in [6, 6.07) is 8.13. The number of rotatable bonds is 3. The molecule has 0 spiro atoms. The second-order valence-corrected chi connectivity index (χ2v) is 4.67. The number of hydrogen-bond donors (Lipinski definition) is 0. The lowest BCUT2D eigenvalue weighted by Gasteiger charge is -1.96. The third kappa shape index (κ3) is 3.03. The molecular formula is C13H9N3O2S. The summed E-state index contributed by atoms with van der Waals surface area (Å²) in [5.74, 6) is 0. The van der Waals surface area contributed by atoms with Gasteiger partial charge in [0.1, 0.15) is 11.1 Å². The highest BCUT2D eigenvalue weighted by atomic mass is 32.1. The fourth-order valence-corrected chi connectivity index (χ4v) is 2.24. The zero-order valence-electron chi connectivity index (χ0n) is 10.0. The van der Waals surface area contributed by atoms with Gasteiger partial charge in [0.25, 0.3) is 5.69 Å². The number of non-ortho nitro benzene ring substituents is 1. The Labute approximate surface area is 113 Å². The Kier molecular flexibility index (Phi) is 3.68. The zero-order chi connectivity index (χ0) is 13.8. The number of aromatic nitrogens is 1. The van der Waals surface area contributed by atoms with Gasteiger partial charge in [-0.2, -0.15) is 5.26 Å². The largest absolute Gasteiger partial charge is 0.269 e. The molecule has 0 unspecified atom stereocenters. The molecule has 0 aliphatic carbocycles. The molecule has 2 aromatic rings. The number of nitrogens with zero attached hydrogens (tertiary/aromatic N) is 3. The molecule has 0 radical (unpaired) electrons. The number of thiazole rings is 1. The maximum absolute atomic E-state index is 10.5. The summed E-state index contributed by atoms with van der Waals surface area (Å²) < 4.78 is 0. The smallest absolute Gasteiger partial charge is 0.258 e. The van der Waals surface area contributed by atoms with E-state index in [1.54, 1.807) is 18.2 Å². The number of nitriles is 1. The summed E-state index contributed by atoms with van der Waals surface area (Å²) in [6.07, 6.45) is 1.67. The number of allylic oxidation sites excluding steroid dienone is 1. The molecule has 6 heteroatoms. The van der Waals surface area contributed by atoms with E-state index in [0.717, 1.165) is 11.3 Å². The SMILES string of the molecule is Cc1csc(/C(C#N)=C\c2ccc([N+](=O)[O-])cc2)n1. The highest BCUT2D eigenvalue weighted by Gasteiger charge is 2.07. The molecule has 0 amide bonds. The summed E-state index contributed by atoms with van der Waals surface area (Å²) in [5.41, 5.74) is 2.08. The molecule has 5 nitrogen and oxygen atoms in total. The van der Waals surface area contributed by atoms with Crippen molar-refractivity contribution in [2.24, 2.45) is 0 Å². The first-order chi connectivity index (χ1) is 9.10. The van der Waals surface area contributed by atoms with Crippen molar-refractivity contribution in [3.63, 3.8) is 0 Å². The second-order valence-electron chi connectivity index (χ2n) is 3.81. The molecule has 0 aliphatic heterocycles. The van der Waals surface area contributed by atoms with E-state index in [1.165, 1.54) is 23.5 Å². The maximum atomic E-state index is 10.5. The molecule has 1 aromatic heterocycles. The van der Waals surface area contributed by atoms with Crippen molar-refractivity contribution in [1.82, 2.24) is 4.98 Å². The van der Waals surface area contributed by atoms with Crippen molar-refractivity contribution in [3.05, 3.63) is 56.0 Å². The minimum absolute atomic E-state index is 0.0285. The molecule has 1 aromatic carbocycles. The van der Waals surface area contributed by atoms with Crippen LogP contribution in [0.4, 0.5) is 5.69 Å². The molecule has 94 valence electrons. The summed E-state index contributed by atoms with van der Waals surface area (Å²) >= 11 is 1.40. The first-order valence-electron chi connectivity index (χ1n) is 5.39. The van der Waals surface area contributed by atoms with Crippen LogP contribution in [0.2, 0.25) is 0 Å². The quantitative estimate of drug-likeness (QED) is 0.486. The van der Waals surface area contributed by atoms with E-state index in [-0.39, 0.29) is 5.69 Å². The Morgan fingerprint density at radius 3 is 2.63 bits per heavy atom. The van der Waals surface area contributed by atoms with Crippen molar-refractivity contribution in [3.8, 4) is 6.07 Å². The van der Waals surface area contributed by atoms with Crippen molar-refractivity contribution in [1.29, 1.82) is 5.26 Å². The number of aryl methyl sites for hydroxylation is 1. The lowest BCUT2D eigenvalue weighted by Crippen LogP contribution is -1.87. The first-order valence-corrected chi connectivity index (χ1v) is 6.27. The van der Waals surface area contributed by atoms with Gasteiger partial charge in [-0.3, -0.25) is 10.1 Å². The fourth-order valence-electron chi connectivity index (χ4n) is 1.48. The van der Waals surface area contributed by atoms with Gasteiger partial charge < -0.3 is 0 Å². The Balaban J connectivity index is 2.33. The Morgan fingerprint density at radius 2 is 2.16 bits per heavy atom. The van der Waals surface area contributed by atoms with Crippen LogP contribution >= 0.6 is 11.3 Å². The van der Waals surface area contributed by atoms with Crippen LogP contribution < -0.4 is 0 Å². The molecule has 0 fully saturated rings. The van der Waals surface area contributed by atoms with Crippen LogP contribution in [-0.2, 0) is 0 Å². The van der Waals surface area contributed by atoms with E-state index in [1.807, 2.05) is 12.3 Å². The lowest BCUT2D eigenvalue weighted by atomic mass is 10.1. The van der Waals surface area contributed by atoms with Crippen LogP contribution in [0.1, 0.15) is 16.3 Å². The third-order valence-electron chi connectivity index (χ3n) is 2.38. The maximum Gasteiger partial charge on any atom is 0.269 e. The third-order valence-corrected chi connectivity index (χ3v) is 3.38. The number of nitro groups is 1. The lowest BCUT2D eigenvalue weighted by molar-refractivity contribution is -0.384. The standard InChI is InChI=1S/C13H9N3O2S/c1-9-8-19-13(15-9)11(7-14)6-10-2-4-12(5-3-10)16(17)18/h2-6,8H,1H3/b11-6-. The molecule has 0 saturated heterocycles. The van der Waals surface area contributed by atoms with E-state index in [4.69, 9.17) is 5.26 Å². The Hall–Kier alpha value is -2.52. The van der Waals surface area contributed by atoms with Gasteiger partial charge in [0.2, 0.25) is 0 Å². The average molecular weight is 271 g/mol. The molecule has 2 rings (SSSR count). The van der Waals surface area contributed by atoms with Gasteiger partial charge in [-0.15, -0.1) is 11.3 Å². The highest BCUT2D eigenvalue weighted by molar-refractivity contribution is 7.11. The number of nitro benzene ring substituents is 1. The van der Waals surface area contributed by atoms with Crippen LogP contribution in [0.3, 0.4) is 0 Å². The van der Waals surface area contributed by atoms with E-state index in [2.05, 4.69) is 11.1 Å². The normalized spacial score (nSPS) is 11.1. The Morgan fingerprint density at radius 1 is 1.47 bits per heavy atom. The molecule has 0 saturated carbocycles. The van der Waals surface area contributed by atoms with E-state index >= 15 is 0 Å². The van der Waals surface area contributed by atoms with Crippen LogP contribution in [0, 0.1) is 28.4 Å². The molecular weight excluding hydrogens is 262 g/mol. The van der Waals surface area contributed by atoms with Gasteiger partial charge in [-0.25, -0.2) is 4.98 Å². The summed E-state index contributed by atoms with van der Waals surface area (Å²) in [6.45, 7) is 1.86. The monoisotopic (exact) mass is 271 g/mol. The van der Waals surface area contributed by atoms with Crippen LogP contribution in [-0.4, -0.2) is 9.91 Å². The molecule has 19 heavy (non-hydrogen) atoms. The molecule has 0 bridgehead atoms. The van der Waals surface area contributed by atoms with Crippen molar-refractivity contribution < 1.29 is 4.92 Å². The number of benzene rings is 1. The van der Waals surface area contributed by atoms with Gasteiger partial charge in [-0.1, -0.05) is 0 Å². The van der Waals surface area contributed by atoms with Gasteiger partial charge in [-0.05, 0) is 30.7 Å². The predicted molar refractivity (Wildman–Crippen MR) is 73.4 cm³/mol. The van der Waals surface area contributed by atoms with Crippen LogP contribution in [0.15, 0.2) is 29.6 Å². The minimum Gasteiger partial charge on any atom is -0.258 e. The van der Waals surface area contributed by atoms with Crippen LogP contribution in [0.5, 0.6) is 0 Å². The molecule has 1 heterocycles. The zero-order valence-corrected chi connectivity index (χ0v) is 10.8. The van der Waals surface area contributed by atoms with Crippen LogP contribution in [0.25, 0.3) is 11.6 Å². The molecule has 0 atom stereocenters. The molecule has 0 aliphatic rings. The predicted octanol–water partition coefficient (Wildman–Crippen LogP) is 3.42. The highest BCUT2D eigenvalue weighted by Crippen LogP contribution is 2.22. The van der Waals surface area contributed by atoms with Gasteiger partial charge in [0.05, 0.1) is 10.5 Å². The van der Waals surface area contributed by atoms with Gasteiger partial charge in [0.15, 0.2) is 0 Å². The second kappa shape index (κ2) is 5.42. The minimum atomic E-state index is -0.455. The van der Waals surface area contributed by atoms with E-state index < -0.39 is 4.92 Å². The van der Waals surface area contributed by atoms with E-state index in [9.17, 15) is 10.1 Å². The van der Waals surface area contributed by atoms with Gasteiger partial charge >= 0.3 is 0 Å². The van der Waals surface area contributed by atoms with E-state index in [0.29, 0.717) is 10.6 Å². The number of hydrogen-bond acceptors (Lipinski definition) is 5. The topological polar surface area (TPSA) is 79.8 Å². The van der Waals surface area contributed by atoms with Gasteiger partial charge in [0, 0.05) is 23.2 Å².